The zero-order valence-corrected chi connectivity index (χ0v) is 18.5. The van der Waals surface area contributed by atoms with E-state index in [1.165, 1.54) is 29.8 Å². The highest BCUT2D eigenvalue weighted by Crippen LogP contribution is 2.38. The molecule has 30 heavy (non-hydrogen) atoms. The number of carbonyl (C=O) groups is 1. The lowest BCUT2D eigenvalue weighted by atomic mass is 10.2. The van der Waals surface area contributed by atoms with E-state index in [2.05, 4.69) is 25.3 Å². The van der Waals surface area contributed by atoms with E-state index < -0.39 is 15.9 Å². The van der Waals surface area contributed by atoms with Crippen LogP contribution in [0.15, 0.2) is 23.8 Å². The molecule has 0 bridgehead atoms. The first kappa shape index (κ1) is 22.0. The van der Waals surface area contributed by atoms with Crippen molar-refractivity contribution in [1.82, 2.24) is 9.97 Å². The number of nitrogens with one attached hydrogen (secondary N) is 3. The summed E-state index contributed by atoms with van der Waals surface area (Å²) in [6.07, 6.45) is 3.44. The van der Waals surface area contributed by atoms with E-state index in [4.69, 9.17) is 28.5 Å². The Bertz CT molecular complexity index is 1270. The summed E-state index contributed by atoms with van der Waals surface area (Å²) in [6, 6.07) is 2.84. The highest BCUT2D eigenvalue weighted by molar-refractivity contribution is 7.92. The number of halogens is 2. The Balaban J connectivity index is 1.94. The van der Waals surface area contributed by atoms with E-state index in [1.807, 2.05) is 0 Å². The van der Waals surface area contributed by atoms with Crippen molar-refractivity contribution >= 4 is 77.9 Å². The van der Waals surface area contributed by atoms with Gasteiger partial charge >= 0.3 is 0 Å². The molecule has 0 fully saturated rings. The molecule has 0 aliphatic heterocycles. The van der Waals surface area contributed by atoms with Crippen LogP contribution in [0.3, 0.4) is 0 Å². The molecule has 3 N–H and O–H groups in total. The number of amides is 1. The average molecular weight is 485 g/mol. The first-order valence-corrected chi connectivity index (χ1v) is 11.7. The number of hydrogen-bond donors (Lipinski definition) is 3. The van der Waals surface area contributed by atoms with Gasteiger partial charge in [0.25, 0.3) is 5.91 Å². The van der Waals surface area contributed by atoms with Crippen molar-refractivity contribution in [2.24, 2.45) is 0 Å². The van der Waals surface area contributed by atoms with Crippen LogP contribution in [0, 0.1) is 11.5 Å². The third-order valence-electron chi connectivity index (χ3n) is 3.84. The van der Waals surface area contributed by atoms with E-state index in [9.17, 15) is 13.2 Å². The van der Waals surface area contributed by atoms with Gasteiger partial charge in [-0.2, -0.15) is 5.26 Å². The molecule has 1 aromatic carbocycles. The maximum Gasteiger partial charge on any atom is 0.258 e. The second kappa shape index (κ2) is 9.01. The van der Waals surface area contributed by atoms with Crippen molar-refractivity contribution < 1.29 is 13.2 Å². The molecule has 0 unspecified atom stereocenters. The number of anilines is 3. The van der Waals surface area contributed by atoms with Crippen molar-refractivity contribution in [3.8, 4) is 6.19 Å². The Morgan fingerprint density at radius 2 is 2.07 bits per heavy atom. The van der Waals surface area contributed by atoms with Crippen LogP contribution < -0.4 is 15.4 Å². The number of aromatic nitrogens is 2. The topological polar surface area (TPSA) is 137 Å². The number of fused-ring (bicyclic) bond motifs is 1. The van der Waals surface area contributed by atoms with Crippen LogP contribution in [0.4, 0.5) is 17.2 Å². The summed E-state index contributed by atoms with van der Waals surface area (Å²) < 4.78 is 27.0. The second-order valence-electron chi connectivity index (χ2n) is 5.95. The minimum absolute atomic E-state index is 0.0449. The lowest BCUT2D eigenvalue weighted by molar-refractivity contribution is 0.102. The molecular formula is C17H14Cl2N6O3S2. The van der Waals surface area contributed by atoms with Gasteiger partial charge in [0.1, 0.15) is 6.33 Å². The van der Waals surface area contributed by atoms with Gasteiger partial charge in [0.15, 0.2) is 12.0 Å². The van der Waals surface area contributed by atoms with Gasteiger partial charge in [-0.1, -0.05) is 30.1 Å². The molecule has 3 aromatic rings. The summed E-state index contributed by atoms with van der Waals surface area (Å²) in [5.41, 5.74) is 0.728. The van der Waals surface area contributed by atoms with Crippen molar-refractivity contribution in [3.63, 3.8) is 0 Å². The van der Waals surface area contributed by atoms with Gasteiger partial charge in [0, 0.05) is 5.38 Å². The number of rotatable bonds is 7. The van der Waals surface area contributed by atoms with Crippen LogP contribution in [-0.4, -0.2) is 30.0 Å². The molecule has 0 radical (unpaired) electrons. The molecule has 0 atom stereocenters. The summed E-state index contributed by atoms with van der Waals surface area (Å²) in [7, 11) is -3.59. The van der Waals surface area contributed by atoms with Crippen LogP contribution in [0.2, 0.25) is 10.0 Å². The molecule has 2 aromatic heterocycles. The van der Waals surface area contributed by atoms with Gasteiger partial charge < -0.3 is 5.32 Å². The fraction of sp³-hybridized carbons (Fsp3) is 0.176. The van der Waals surface area contributed by atoms with Crippen LogP contribution >= 0.6 is 34.5 Å². The quantitative estimate of drug-likeness (QED) is 0.335. The van der Waals surface area contributed by atoms with Crippen molar-refractivity contribution in [3.05, 3.63) is 39.4 Å². The SMILES string of the molecule is CCCS(=O)(=O)Nc1ccc(Cl)c(NC(=O)c2csc3c(NC#N)ncnc23)c1Cl. The standard InChI is InChI=1S/C17H14Cl2N6O3S2/c1-2-5-30(27,28)25-11-4-3-10(18)14(12(11)19)24-17(26)9-6-29-15-13(9)22-8-23-16(15)21-7-20/h3-4,6,8,25H,2,5H2,1H3,(H,24,26)(H,21,22,23). The van der Waals surface area contributed by atoms with Crippen LogP contribution in [0.25, 0.3) is 10.2 Å². The Hall–Kier alpha value is -2.65. The normalized spacial score (nSPS) is 11.1. The third-order valence-corrected chi connectivity index (χ3v) is 7.00. The van der Waals surface area contributed by atoms with E-state index in [0.29, 0.717) is 16.6 Å². The molecule has 0 saturated heterocycles. The van der Waals surface area contributed by atoms with Crippen LogP contribution in [0.1, 0.15) is 23.7 Å². The highest BCUT2D eigenvalue weighted by Gasteiger charge is 2.21. The summed E-state index contributed by atoms with van der Waals surface area (Å²) in [5.74, 6) is -0.344. The molecule has 0 aliphatic carbocycles. The summed E-state index contributed by atoms with van der Waals surface area (Å²) >= 11 is 13.7. The zero-order chi connectivity index (χ0) is 21.9. The van der Waals surface area contributed by atoms with Gasteiger partial charge in [-0.25, -0.2) is 18.4 Å². The molecular weight excluding hydrogens is 471 g/mol. The molecule has 0 saturated carbocycles. The second-order valence-corrected chi connectivity index (χ2v) is 9.45. The van der Waals surface area contributed by atoms with Crippen LogP contribution in [-0.2, 0) is 10.0 Å². The van der Waals surface area contributed by atoms with E-state index in [1.54, 1.807) is 18.5 Å². The first-order chi connectivity index (χ1) is 14.3. The predicted octanol–water partition coefficient (Wildman–Crippen LogP) is 4.30. The molecule has 0 spiro atoms. The lowest BCUT2D eigenvalue weighted by Gasteiger charge is -2.14. The number of nitrogens with zero attached hydrogens (tertiary/aromatic N) is 3. The summed E-state index contributed by atoms with van der Waals surface area (Å²) in [6.45, 7) is 1.74. The first-order valence-electron chi connectivity index (χ1n) is 8.44. The number of sulfonamides is 1. The van der Waals surface area contributed by atoms with Gasteiger partial charge in [0.2, 0.25) is 10.0 Å². The monoisotopic (exact) mass is 484 g/mol. The third kappa shape index (κ3) is 4.57. The smallest absolute Gasteiger partial charge is 0.258 e. The maximum atomic E-state index is 12.9. The van der Waals surface area contributed by atoms with Gasteiger partial charge in [-0.05, 0) is 18.6 Å². The van der Waals surface area contributed by atoms with Gasteiger partial charge in [-0.3, -0.25) is 14.8 Å². The number of hydrogen-bond acceptors (Lipinski definition) is 8. The Morgan fingerprint density at radius 3 is 2.77 bits per heavy atom. The number of nitriles is 1. The predicted molar refractivity (Wildman–Crippen MR) is 119 cm³/mol. The minimum Gasteiger partial charge on any atom is -0.319 e. The molecule has 13 heteroatoms. The maximum absolute atomic E-state index is 12.9. The van der Waals surface area contributed by atoms with Crippen molar-refractivity contribution in [2.75, 3.05) is 21.1 Å². The fourth-order valence-electron chi connectivity index (χ4n) is 2.57. The molecule has 9 nitrogen and oxygen atoms in total. The van der Waals surface area contributed by atoms with Crippen molar-refractivity contribution in [2.45, 2.75) is 13.3 Å². The largest absolute Gasteiger partial charge is 0.319 e. The van der Waals surface area contributed by atoms with E-state index in [-0.39, 0.29) is 38.6 Å². The number of thiophene rings is 1. The van der Waals surface area contributed by atoms with Crippen molar-refractivity contribution in [1.29, 1.82) is 5.26 Å². The number of carbonyl (C=O) groups excluding carboxylic acids is 1. The van der Waals surface area contributed by atoms with E-state index in [0.717, 1.165) is 0 Å². The summed E-state index contributed by atoms with van der Waals surface area (Å²) in [4.78, 5) is 20.9. The highest BCUT2D eigenvalue weighted by atomic mass is 35.5. The van der Waals surface area contributed by atoms with Gasteiger partial charge in [0.05, 0.1) is 43.0 Å². The average Bonchev–Trinajstić information content (AvgIpc) is 3.13. The van der Waals surface area contributed by atoms with Crippen LogP contribution in [0.5, 0.6) is 0 Å². The lowest BCUT2D eigenvalue weighted by Crippen LogP contribution is -2.17. The fourth-order valence-corrected chi connectivity index (χ4v) is 5.23. The molecule has 3 rings (SSSR count). The van der Waals surface area contributed by atoms with Gasteiger partial charge in [-0.15, -0.1) is 11.3 Å². The minimum atomic E-state index is -3.59. The molecule has 156 valence electrons. The number of benzene rings is 1. The molecule has 1 amide bonds. The van der Waals surface area contributed by atoms with E-state index >= 15 is 0 Å². The molecule has 0 aliphatic rings. The molecule has 2 heterocycles. The zero-order valence-electron chi connectivity index (χ0n) is 15.4. The Kier molecular flexibility index (Phi) is 6.62. The Labute approximate surface area is 186 Å². The summed E-state index contributed by atoms with van der Waals surface area (Å²) in [5, 5.41) is 15.5. The Morgan fingerprint density at radius 1 is 1.30 bits per heavy atom.